The van der Waals surface area contributed by atoms with E-state index in [4.69, 9.17) is 0 Å². The van der Waals surface area contributed by atoms with Crippen LogP contribution in [0, 0.1) is 0 Å². The Labute approximate surface area is 152 Å². The molecule has 0 heterocycles. The van der Waals surface area contributed by atoms with E-state index < -0.39 is 60.0 Å². The van der Waals surface area contributed by atoms with Crippen LogP contribution in [0.25, 0.3) is 0 Å². The highest BCUT2D eigenvalue weighted by Crippen LogP contribution is 2.66. The van der Waals surface area contributed by atoms with Gasteiger partial charge in [0.25, 0.3) is 0 Å². The van der Waals surface area contributed by atoms with Crippen LogP contribution in [-0.4, -0.2) is 53.6 Å². The van der Waals surface area contributed by atoms with Gasteiger partial charge in [-0.1, -0.05) is 6.92 Å². The van der Waals surface area contributed by atoms with Gasteiger partial charge < -0.3 is 0 Å². The van der Waals surface area contributed by atoms with Crippen LogP contribution in [0.4, 0.5) is 83.4 Å². The van der Waals surface area contributed by atoms with Crippen LogP contribution in [0.15, 0.2) is 0 Å². The van der Waals surface area contributed by atoms with Gasteiger partial charge in [0.15, 0.2) is 0 Å². The zero-order valence-electron chi connectivity index (χ0n) is 13.4. The van der Waals surface area contributed by atoms with Crippen molar-refractivity contribution in [3.05, 3.63) is 0 Å². The van der Waals surface area contributed by atoms with E-state index in [1.54, 1.807) is 0 Å². The molecular formula is C11H5F19. The highest BCUT2D eigenvalue weighted by Gasteiger charge is 2.98. The lowest BCUT2D eigenvalue weighted by Gasteiger charge is -2.45. The van der Waals surface area contributed by atoms with E-state index in [0.717, 1.165) is 0 Å². The van der Waals surface area contributed by atoms with Gasteiger partial charge in [0, 0.05) is 6.42 Å². The Hall–Kier alpha value is -1.33. The SMILES string of the molecule is CCC(F)(F)C(F)(F)C(F)(F)C(F)(F)C(F)(F)C(F)(F)C(F)(C(F)(F)F)C(F)(F)F. The Morgan fingerprint density at radius 2 is 0.600 bits per heavy atom. The zero-order chi connectivity index (χ0) is 25.2. The molecule has 0 nitrogen and oxygen atoms in total. The van der Waals surface area contributed by atoms with Crippen LogP contribution in [0.3, 0.4) is 0 Å². The fraction of sp³-hybridized carbons (Fsp3) is 1.00. The molecular weight excluding hydrogens is 493 g/mol. The molecule has 0 unspecified atom stereocenters. The molecule has 0 N–H and O–H groups in total. The lowest BCUT2D eigenvalue weighted by atomic mass is 9.83. The average molecular weight is 498 g/mol. The Morgan fingerprint density at radius 1 is 0.367 bits per heavy atom. The van der Waals surface area contributed by atoms with Crippen molar-refractivity contribution in [1.82, 2.24) is 0 Å². The molecule has 0 aliphatic heterocycles. The zero-order valence-corrected chi connectivity index (χ0v) is 13.4. The van der Waals surface area contributed by atoms with Crippen molar-refractivity contribution in [3.8, 4) is 0 Å². The minimum atomic E-state index is -8.96. The van der Waals surface area contributed by atoms with Gasteiger partial charge in [-0.25, -0.2) is 4.39 Å². The maximum atomic E-state index is 13.3. The van der Waals surface area contributed by atoms with Gasteiger partial charge in [0.2, 0.25) is 0 Å². The summed E-state index contributed by atoms with van der Waals surface area (Å²) in [6.07, 6.45) is -19.1. The quantitative estimate of drug-likeness (QED) is 0.331. The Kier molecular flexibility index (Phi) is 6.53. The van der Waals surface area contributed by atoms with Crippen LogP contribution >= 0.6 is 0 Å². The molecule has 182 valence electrons. The maximum Gasteiger partial charge on any atom is 0.438 e. The average Bonchev–Trinajstić information content (AvgIpc) is 2.50. The third-order valence-corrected chi connectivity index (χ3v) is 3.69. The number of hydrogen-bond donors (Lipinski definition) is 0. The minimum Gasteiger partial charge on any atom is -0.216 e. The highest BCUT2D eigenvalue weighted by molar-refractivity contribution is 5.19. The summed E-state index contributed by atoms with van der Waals surface area (Å²) in [6.45, 7) is -0.144. The van der Waals surface area contributed by atoms with Crippen LogP contribution in [0.1, 0.15) is 13.3 Å². The lowest BCUT2D eigenvalue weighted by Crippen LogP contribution is -2.77. The summed E-state index contributed by atoms with van der Waals surface area (Å²) in [5.41, 5.74) is -8.70. The second-order valence-electron chi connectivity index (χ2n) is 5.58. The van der Waals surface area contributed by atoms with Gasteiger partial charge in [-0.15, -0.1) is 0 Å². The Balaban J connectivity index is 7.06. The standard InChI is InChI=1S/C11H5F19/c1-2-3(12,13)5(15,16)7(19,20)9(23,24)8(21,22)6(17,18)4(14,10(25,26)27)11(28,29)30/h2H2,1H3. The summed E-state index contributed by atoms with van der Waals surface area (Å²) in [6, 6.07) is 0. The largest absolute Gasteiger partial charge is 0.438 e. The fourth-order valence-corrected chi connectivity index (χ4v) is 1.78. The molecule has 0 bridgehead atoms. The predicted molar refractivity (Wildman–Crippen MR) is 55.9 cm³/mol. The van der Waals surface area contributed by atoms with E-state index in [1.165, 1.54) is 0 Å². The molecule has 0 radical (unpaired) electrons. The molecule has 0 aromatic rings. The third kappa shape index (κ3) is 3.24. The molecule has 0 spiro atoms. The fourth-order valence-electron chi connectivity index (χ4n) is 1.78. The van der Waals surface area contributed by atoms with Crippen LogP contribution < -0.4 is 0 Å². The smallest absolute Gasteiger partial charge is 0.216 e. The molecule has 19 heteroatoms. The van der Waals surface area contributed by atoms with E-state index in [-0.39, 0.29) is 6.92 Å². The van der Waals surface area contributed by atoms with Crippen molar-refractivity contribution in [2.24, 2.45) is 0 Å². The summed E-state index contributed by atoms with van der Waals surface area (Å²) in [7, 11) is 0. The molecule has 0 amide bonds. The molecule has 0 saturated heterocycles. The van der Waals surface area contributed by atoms with E-state index in [2.05, 4.69) is 0 Å². The molecule has 0 fully saturated rings. The van der Waals surface area contributed by atoms with Crippen molar-refractivity contribution >= 4 is 0 Å². The number of hydrogen-bond acceptors (Lipinski definition) is 0. The molecule has 0 aliphatic carbocycles. The summed E-state index contributed by atoms with van der Waals surface area (Å²) in [5.74, 6) is -49.2. The first-order valence-corrected chi connectivity index (χ1v) is 6.65. The summed E-state index contributed by atoms with van der Waals surface area (Å²) in [4.78, 5) is 0. The van der Waals surface area contributed by atoms with E-state index in [9.17, 15) is 83.4 Å². The van der Waals surface area contributed by atoms with Crippen molar-refractivity contribution in [2.45, 2.75) is 66.9 Å². The molecule has 0 atom stereocenters. The predicted octanol–water partition coefficient (Wildman–Crippen LogP) is 7.04. The Bertz CT molecular complexity index is 605. The van der Waals surface area contributed by atoms with E-state index in [1.807, 2.05) is 0 Å². The molecule has 30 heavy (non-hydrogen) atoms. The highest BCUT2D eigenvalue weighted by atomic mass is 19.4. The molecule has 0 aromatic heterocycles. The van der Waals surface area contributed by atoms with Gasteiger partial charge >= 0.3 is 53.6 Å². The number of halogens is 19. The number of rotatable bonds is 7. The van der Waals surface area contributed by atoms with Gasteiger partial charge in [-0.3, -0.25) is 0 Å². The summed E-state index contributed by atoms with van der Waals surface area (Å²) >= 11 is 0. The first kappa shape index (κ1) is 28.7. The first-order valence-electron chi connectivity index (χ1n) is 6.65. The number of alkyl halides is 19. The topological polar surface area (TPSA) is 0 Å². The molecule has 0 rings (SSSR count). The molecule has 0 aliphatic rings. The van der Waals surface area contributed by atoms with Crippen LogP contribution in [0.2, 0.25) is 0 Å². The normalized spacial score (nSPS) is 16.8. The van der Waals surface area contributed by atoms with Crippen LogP contribution in [0.5, 0.6) is 0 Å². The van der Waals surface area contributed by atoms with Crippen molar-refractivity contribution in [2.75, 3.05) is 0 Å². The second-order valence-corrected chi connectivity index (χ2v) is 5.58. The van der Waals surface area contributed by atoms with Crippen molar-refractivity contribution in [3.63, 3.8) is 0 Å². The van der Waals surface area contributed by atoms with Crippen molar-refractivity contribution in [1.29, 1.82) is 0 Å². The second kappa shape index (κ2) is 6.83. The van der Waals surface area contributed by atoms with E-state index in [0.29, 0.717) is 0 Å². The third-order valence-electron chi connectivity index (χ3n) is 3.69. The van der Waals surface area contributed by atoms with Crippen molar-refractivity contribution < 1.29 is 83.4 Å². The van der Waals surface area contributed by atoms with E-state index >= 15 is 0 Å². The lowest BCUT2D eigenvalue weighted by molar-refractivity contribution is -0.472. The summed E-state index contributed by atoms with van der Waals surface area (Å²) < 4.78 is 244. The maximum absolute atomic E-state index is 13.3. The van der Waals surface area contributed by atoms with Gasteiger partial charge in [0.05, 0.1) is 0 Å². The minimum absolute atomic E-state index is 0.144. The first-order chi connectivity index (χ1) is 12.6. The monoisotopic (exact) mass is 498 g/mol. The van der Waals surface area contributed by atoms with Gasteiger partial charge in [0.1, 0.15) is 0 Å². The molecule has 0 saturated carbocycles. The van der Waals surface area contributed by atoms with Gasteiger partial charge in [-0.05, 0) is 0 Å². The van der Waals surface area contributed by atoms with Gasteiger partial charge in [-0.2, -0.15) is 79.0 Å². The molecule has 0 aromatic carbocycles. The van der Waals surface area contributed by atoms with Crippen LogP contribution in [-0.2, 0) is 0 Å². The summed E-state index contributed by atoms with van der Waals surface area (Å²) in [5, 5.41) is 0. The Morgan fingerprint density at radius 3 is 0.833 bits per heavy atom.